The zero-order valence-corrected chi connectivity index (χ0v) is 9.82. The number of carboxylic acid groups (broad SMARTS) is 2. The van der Waals surface area contributed by atoms with E-state index in [0.29, 0.717) is 0 Å². The summed E-state index contributed by atoms with van der Waals surface area (Å²) in [6.45, 7) is 1.72. The third-order valence-corrected chi connectivity index (χ3v) is 2.97. The zero-order chi connectivity index (χ0) is 12.7. The van der Waals surface area contributed by atoms with Gasteiger partial charge in [-0.15, -0.1) is 0 Å². The Hall–Kier alpha value is -1.14. The maximum Gasteiger partial charge on any atom is 0.320 e. The fourth-order valence-corrected chi connectivity index (χ4v) is 1.96. The van der Waals surface area contributed by atoms with Gasteiger partial charge < -0.3 is 20.8 Å². The molecule has 0 aromatic rings. The lowest BCUT2D eigenvalue weighted by Gasteiger charge is -2.18. The fraction of sp³-hybridized carbons (Fsp3) is 0.818. The molecule has 2 atom stereocenters. The van der Waals surface area contributed by atoms with Crippen LogP contribution in [-0.4, -0.2) is 47.3 Å². The number of aliphatic carboxylic acids is 2. The van der Waals surface area contributed by atoms with Crippen LogP contribution < -0.4 is 10.6 Å². The lowest BCUT2D eigenvalue weighted by molar-refractivity contribution is -0.140. The Morgan fingerprint density at radius 2 is 1.29 bits per heavy atom. The third kappa shape index (κ3) is 5.14. The largest absolute Gasteiger partial charge is 0.480 e. The van der Waals surface area contributed by atoms with Crippen molar-refractivity contribution in [1.82, 2.24) is 10.6 Å². The smallest absolute Gasteiger partial charge is 0.320 e. The van der Waals surface area contributed by atoms with Gasteiger partial charge in [0.05, 0.1) is 0 Å². The number of carbonyl (C=O) groups is 2. The third-order valence-electron chi connectivity index (χ3n) is 2.97. The quantitative estimate of drug-likeness (QED) is 0.547. The Kier molecular flexibility index (Phi) is 5.93. The van der Waals surface area contributed by atoms with Crippen LogP contribution in [-0.2, 0) is 9.59 Å². The Morgan fingerprint density at radius 3 is 1.59 bits per heavy atom. The lowest BCUT2D eigenvalue weighted by atomic mass is 10.1. The van der Waals surface area contributed by atoms with Gasteiger partial charge in [-0.05, 0) is 38.8 Å². The van der Waals surface area contributed by atoms with Crippen molar-refractivity contribution in [2.45, 2.75) is 44.2 Å². The summed E-state index contributed by atoms with van der Waals surface area (Å²) in [5.41, 5.74) is 0. The van der Waals surface area contributed by atoms with Crippen LogP contribution in [0.2, 0.25) is 0 Å². The lowest BCUT2D eigenvalue weighted by Crippen LogP contribution is -2.40. The van der Waals surface area contributed by atoms with Crippen molar-refractivity contribution in [3.8, 4) is 0 Å². The van der Waals surface area contributed by atoms with Crippen molar-refractivity contribution in [3.63, 3.8) is 0 Å². The van der Waals surface area contributed by atoms with E-state index < -0.39 is 11.9 Å². The molecule has 2 heterocycles. The van der Waals surface area contributed by atoms with Crippen LogP contribution in [0, 0.1) is 0 Å². The Labute approximate surface area is 100 Å². The van der Waals surface area contributed by atoms with E-state index >= 15 is 0 Å². The second kappa shape index (κ2) is 7.24. The van der Waals surface area contributed by atoms with Gasteiger partial charge in [-0.1, -0.05) is 6.42 Å². The van der Waals surface area contributed by atoms with Crippen LogP contribution in [0.5, 0.6) is 0 Å². The van der Waals surface area contributed by atoms with E-state index in [1.54, 1.807) is 0 Å². The van der Waals surface area contributed by atoms with Gasteiger partial charge in [0.15, 0.2) is 0 Å². The number of carboxylic acids is 2. The van der Waals surface area contributed by atoms with Crippen LogP contribution in [0.3, 0.4) is 0 Å². The summed E-state index contributed by atoms with van der Waals surface area (Å²) in [4.78, 5) is 20.4. The monoisotopic (exact) mass is 244 g/mol. The van der Waals surface area contributed by atoms with Gasteiger partial charge >= 0.3 is 11.9 Å². The van der Waals surface area contributed by atoms with Crippen molar-refractivity contribution < 1.29 is 19.8 Å². The minimum absolute atomic E-state index is 0.269. The summed E-state index contributed by atoms with van der Waals surface area (Å²) in [5.74, 6) is -1.43. The first kappa shape index (κ1) is 13.9. The van der Waals surface area contributed by atoms with Gasteiger partial charge in [0, 0.05) is 0 Å². The molecular formula is C11H20N2O4. The van der Waals surface area contributed by atoms with Crippen LogP contribution in [0.25, 0.3) is 0 Å². The maximum atomic E-state index is 10.3. The Bertz CT molecular complexity index is 258. The Morgan fingerprint density at radius 1 is 0.824 bits per heavy atom. The first-order chi connectivity index (χ1) is 8.11. The fourth-order valence-electron chi connectivity index (χ4n) is 1.96. The first-order valence-electron chi connectivity index (χ1n) is 6.03. The zero-order valence-electron chi connectivity index (χ0n) is 9.82. The first-order valence-corrected chi connectivity index (χ1v) is 6.03. The van der Waals surface area contributed by atoms with E-state index in [1.807, 2.05) is 0 Å². The number of hydrogen-bond acceptors (Lipinski definition) is 4. The molecule has 98 valence electrons. The Balaban J connectivity index is 0.000000171. The highest BCUT2D eigenvalue weighted by molar-refractivity contribution is 5.73. The summed E-state index contributed by atoms with van der Waals surface area (Å²) in [7, 11) is 0. The second-order valence-electron chi connectivity index (χ2n) is 4.33. The summed E-state index contributed by atoms with van der Waals surface area (Å²) in [5, 5.41) is 22.6. The van der Waals surface area contributed by atoms with Crippen molar-refractivity contribution in [2.24, 2.45) is 0 Å². The van der Waals surface area contributed by atoms with Crippen molar-refractivity contribution in [1.29, 1.82) is 0 Å². The van der Waals surface area contributed by atoms with Crippen molar-refractivity contribution >= 4 is 11.9 Å². The average Bonchev–Trinajstić information content (AvgIpc) is 2.84. The van der Waals surface area contributed by atoms with Crippen LogP contribution in [0.15, 0.2) is 0 Å². The highest BCUT2D eigenvalue weighted by atomic mass is 16.4. The summed E-state index contributed by atoms with van der Waals surface area (Å²) in [6.07, 6.45) is 4.73. The highest BCUT2D eigenvalue weighted by Crippen LogP contribution is 2.06. The van der Waals surface area contributed by atoms with E-state index in [9.17, 15) is 9.59 Å². The van der Waals surface area contributed by atoms with Crippen LogP contribution >= 0.6 is 0 Å². The van der Waals surface area contributed by atoms with Gasteiger partial charge in [0.1, 0.15) is 12.1 Å². The highest BCUT2D eigenvalue weighted by Gasteiger charge is 2.20. The molecule has 17 heavy (non-hydrogen) atoms. The molecule has 6 heteroatoms. The SMILES string of the molecule is O=C(O)C1CCCCN1.O=C(O)[C@@H]1CCCN1. The number of hydrogen-bond donors (Lipinski definition) is 4. The predicted molar refractivity (Wildman–Crippen MR) is 61.9 cm³/mol. The maximum absolute atomic E-state index is 10.3. The number of nitrogens with one attached hydrogen (secondary N) is 2. The molecule has 2 aliphatic heterocycles. The summed E-state index contributed by atoms with van der Waals surface area (Å²) >= 11 is 0. The molecule has 2 fully saturated rings. The molecule has 0 radical (unpaired) electrons. The van der Waals surface area contributed by atoms with E-state index in [4.69, 9.17) is 10.2 Å². The molecule has 2 aliphatic rings. The van der Waals surface area contributed by atoms with E-state index in [2.05, 4.69) is 10.6 Å². The van der Waals surface area contributed by atoms with Gasteiger partial charge in [-0.25, -0.2) is 0 Å². The molecule has 0 saturated carbocycles. The minimum Gasteiger partial charge on any atom is -0.480 e. The minimum atomic E-state index is -0.720. The van der Waals surface area contributed by atoms with Crippen molar-refractivity contribution in [2.75, 3.05) is 13.1 Å². The molecular weight excluding hydrogens is 224 g/mol. The van der Waals surface area contributed by atoms with Gasteiger partial charge in [-0.3, -0.25) is 9.59 Å². The molecule has 6 nitrogen and oxygen atoms in total. The van der Waals surface area contributed by atoms with E-state index in [-0.39, 0.29) is 12.1 Å². The standard InChI is InChI=1S/C6H11NO2.C5H9NO2/c8-6(9)5-3-1-2-4-7-5;7-5(8)4-2-1-3-6-4/h5,7H,1-4H2,(H,8,9);4,6H,1-3H2,(H,7,8)/t;4-/m.0/s1. The summed E-state index contributed by atoms with van der Waals surface area (Å²) in [6, 6.07) is -0.547. The number of rotatable bonds is 2. The second-order valence-corrected chi connectivity index (χ2v) is 4.33. The van der Waals surface area contributed by atoms with Gasteiger partial charge in [0.2, 0.25) is 0 Å². The van der Waals surface area contributed by atoms with E-state index in [0.717, 1.165) is 45.2 Å². The van der Waals surface area contributed by atoms with Crippen LogP contribution in [0.1, 0.15) is 32.1 Å². The molecule has 2 saturated heterocycles. The van der Waals surface area contributed by atoms with E-state index in [1.165, 1.54) is 0 Å². The van der Waals surface area contributed by atoms with Gasteiger partial charge in [-0.2, -0.15) is 0 Å². The number of piperidine rings is 1. The summed E-state index contributed by atoms with van der Waals surface area (Å²) < 4.78 is 0. The molecule has 2 rings (SSSR count). The molecule has 0 spiro atoms. The normalized spacial score (nSPS) is 28.0. The van der Waals surface area contributed by atoms with Crippen LogP contribution in [0.4, 0.5) is 0 Å². The average molecular weight is 244 g/mol. The molecule has 0 aliphatic carbocycles. The molecule has 0 aromatic carbocycles. The topological polar surface area (TPSA) is 98.7 Å². The molecule has 0 amide bonds. The molecule has 0 bridgehead atoms. The molecule has 4 N–H and O–H groups in total. The van der Waals surface area contributed by atoms with Gasteiger partial charge in [0.25, 0.3) is 0 Å². The molecule has 1 unspecified atom stereocenters. The van der Waals surface area contributed by atoms with Crippen molar-refractivity contribution in [3.05, 3.63) is 0 Å². The predicted octanol–water partition coefficient (Wildman–Crippen LogP) is 0.0361. The molecule has 0 aromatic heterocycles.